The van der Waals surface area contributed by atoms with E-state index in [0.29, 0.717) is 11.7 Å². The van der Waals surface area contributed by atoms with E-state index < -0.39 is 0 Å². The summed E-state index contributed by atoms with van der Waals surface area (Å²) in [5.74, 6) is 0.802. The third kappa shape index (κ3) is 1.27. The lowest BCUT2D eigenvalue weighted by Gasteiger charge is -2.40. The molecular weight excluding hydrogens is 148 g/mol. The predicted molar refractivity (Wildman–Crippen MR) is 51.0 cm³/mol. The van der Waals surface area contributed by atoms with Gasteiger partial charge in [0.15, 0.2) is 0 Å². The molecule has 1 heterocycles. The average Bonchev–Trinajstić information content (AvgIpc) is 2.41. The molecule has 1 saturated carbocycles. The van der Waals surface area contributed by atoms with Gasteiger partial charge in [-0.3, -0.25) is 10.6 Å². The van der Waals surface area contributed by atoms with E-state index in [0.717, 1.165) is 12.5 Å². The summed E-state index contributed by atoms with van der Waals surface area (Å²) < 4.78 is 0. The van der Waals surface area contributed by atoms with E-state index in [1.807, 2.05) is 0 Å². The van der Waals surface area contributed by atoms with Gasteiger partial charge in [0.2, 0.25) is 0 Å². The second-order valence-electron chi connectivity index (χ2n) is 4.54. The lowest BCUT2D eigenvalue weighted by Crippen LogP contribution is -2.56. The topological polar surface area (TPSA) is 24.1 Å². The van der Waals surface area contributed by atoms with Crippen LogP contribution in [0.2, 0.25) is 0 Å². The van der Waals surface area contributed by atoms with E-state index in [9.17, 15) is 0 Å². The summed E-state index contributed by atoms with van der Waals surface area (Å²) in [5.41, 5.74) is 0.303. The molecule has 2 aliphatic rings. The van der Waals surface area contributed by atoms with Gasteiger partial charge in [-0.05, 0) is 25.7 Å². The average molecular weight is 168 g/mol. The Hall–Kier alpha value is -0.0800. The Morgan fingerprint density at radius 1 is 1.25 bits per heavy atom. The third-order valence-corrected chi connectivity index (χ3v) is 3.53. The molecule has 0 aromatic carbocycles. The van der Waals surface area contributed by atoms with Crippen molar-refractivity contribution in [1.29, 1.82) is 0 Å². The molecule has 0 unspecified atom stereocenters. The van der Waals surface area contributed by atoms with Crippen LogP contribution in [0.25, 0.3) is 0 Å². The molecule has 2 fully saturated rings. The SMILES string of the molecule is C[C@@H]1CN[C@]2(CCCC[C@H]2C)N1. The van der Waals surface area contributed by atoms with Crippen LogP contribution >= 0.6 is 0 Å². The summed E-state index contributed by atoms with van der Waals surface area (Å²) in [6.07, 6.45) is 5.50. The standard InChI is InChI=1S/C10H20N2/c1-8-5-3-4-6-10(8)11-7-9(2)12-10/h8-9,11-12H,3-7H2,1-2H3/t8-,9-,10-/m1/s1. The maximum atomic E-state index is 3.71. The minimum atomic E-state index is 0.303. The van der Waals surface area contributed by atoms with E-state index in [2.05, 4.69) is 24.5 Å². The molecule has 1 aliphatic heterocycles. The van der Waals surface area contributed by atoms with Crippen molar-refractivity contribution in [3.8, 4) is 0 Å². The van der Waals surface area contributed by atoms with E-state index in [4.69, 9.17) is 0 Å². The van der Waals surface area contributed by atoms with E-state index in [1.165, 1.54) is 25.7 Å². The van der Waals surface area contributed by atoms with Gasteiger partial charge < -0.3 is 0 Å². The minimum absolute atomic E-state index is 0.303. The van der Waals surface area contributed by atoms with Crippen LogP contribution in [0, 0.1) is 5.92 Å². The van der Waals surface area contributed by atoms with Crippen molar-refractivity contribution >= 4 is 0 Å². The minimum Gasteiger partial charge on any atom is -0.298 e. The summed E-state index contributed by atoms with van der Waals surface area (Å²) >= 11 is 0. The molecular formula is C10H20N2. The number of hydrogen-bond donors (Lipinski definition) is 2. The summed E-state index contributed by atoms with van der Waals surface area (Å²) in [4.78, 5) is 0. The Kier molecular flexibility index (Phi) is 2.13. The lowest BCUT2D eigenvalue weighted by atomic mass is 9.80. The smallest absolute Gasteiger partial charge is 0.0716 e. The molecule has 2 rings (SSSR count). The zero-order valence-electron chi connectivity index (χ0n) is 8.19. The normalized spacial score (nSPS) is 48.5. The fraction of sp³-hybridized carbons (Fsp3) is 1.00. The monoisotopic (exact) mass is 168 g/mol. The van der Waals surface area contributed by atoms with Crippen LogP contribution in [0.3, 0.4) is 0 Å². The summed E-state index contributed by atoms with van der Waals surface area (Å²) in [6, 6.07) is 0.658. The Morgan fingerprint density at radius 2 is 2.08 bits per heavy atom. The fourth-order valence-corrected chi connectivity index (χ4v) is 2.70. The molecule has 1 aliphatic carbocycles. The van der Waals surface area contributed by atoms with Gasteiger partial charge in [0.05, 0.1) is 5.66 Å². The van der Waals surface area contributed by atoms with Crippen LogP contribution < -0.4 is 10.6 Å². The van der Waals surface area contributed by atoms with Gasteiger partial charge in [-0.15, -0.1) is 0 Å². The van der Waals surface area contributed by atoms with E-state index >= 15 is 0 Å². The highest BCUT2D eigenvalue weighted by molar-refractivity contribution is 4.99. The first-order chi connectivity index (χ1) is 5.73. The molecule has 2 heteroatoms. The molecule has 0 aromatic rings. The van der Waals surface area contributed by atoms with E-state index in [-0.39, 0.29) is 0 Å². The first-order valence-electron chi connectivity index (χ1n) is 5.26. The van der Waals surface area contributed by atoms with Crippen molar-refractivity contribution in [2.75, 3.05) is 6.54 Å². The second-order valence-corrected chi connectivity index (χ2v) is 4.54. The highest BCUT2D eigenvalue weighted by Gasteiger charge is 2.41. The predicted octanol–water partition coefficient (Wildman–Crippen LogP) is 1.47. The van der Waals surface area contributed by atoms with Gasteiger partial charge in [0, 0.05) is 12.6 Å². The van der Waals surface area contributed by atoms with Gasteiger partial charge in [0.1, 0.15) is 0 Å². The Morgan fingerprint density at radius 3 is 2.67 bits per heavy atom. The molecule has 0 radical (unpaired) electrons. The van der Waals surface area contributed by atoms with Gasteiger partial charge >= 0.3 is 0 Å². The lowest BCUT2D eigenvalue weighted by molar-refractivity contribution is 0.150. The molecule has 12 heavy (non-hydrogen) atoms. The van der Waals surface area contributed by atoms with Crippen molar-refractivity contribution < 1.29 is 0 Å². The molecule has 70 valence electrons. The van der Waals surface area contributed by atoms with Crippen LogP contribution in [0.15, 0.2) is 0 Å². The Labute approximate surface area is 75.1 Å². The molecule has 1 saturated heterocycles. The summed E-state index contributed by atoms with van der Waals surface area (Å²) in [5, 5.41) is 7.37. The van der Waals surface area contributed by atoms with Crippen LogP contribution in [0.1, 0.15) is 39.5 Å². The van der Waals surface area contributed by atoms with Crippen molar-refractivity contribution in [2.24, 2.45) is 5.92 Å². The molecule has 2 N–H and O–H groups in total. The highest BCUT2D eigenvalue weighted by Crippen LogP contribution is 2.33. The van der Waals surface area contributed by atoms with Gasteiger partial charge in [-0.2, -0.15) is 0 Å². The van der Waals surface area contributed by atoms with Gasteiger partial charge in [0.25, 0.3) is 0 Å². The molecule has 2 nitrogen and oxygen atoms in total. The third-order valence-electron chi connectivity index (χ3n) is 3.53. The van der Waals surface area contributed by atoms with Gasteiger partial charge in [-0.25, -0.2) is 0 Å². The number of hydrogen-bond acceptors (Lipinski definition) is 2. The molecule has 1 spiro atoms. The second kappa shape index (κ2) is 3.00. The van der Waals surface area contributed by atoms with Gasteiger partial charge in [-0.1, -0.05) is 19.8 Å². The first kappa shape index (κ1) is 8.52. The summed E-state index contributed by atoms with van der Waals surface area (Å²) in [7, 11) is 0. The summed E-state index contributed by atoms with van der Waals surface area (Å²) in [6.45, 7) is 5.78. The van der Waals surface area contributed by atoms with Crippen molar-refractivity contribution in [3.05, 3.63) is 0 Å². The van der Waals surface area contributed by atoms with Crippen molar-refractivity contribution in [2.45, 2.75) is 51.2 Å². The van der Waals surface area contributed by atoms with Crippen LogP contribution in [0.5, 0.6) is 0 Å². The van der Waals surface area contributed by atoms with Crippen LogP contribution in [-0.4, -0.2) is 18.2 Å². The Bertz CT molecular complexity index is 165. The number of nitrogens with one attached hydrogen (secondary N) is 2. The highest BCUT2D eigenvalue weighted by atomic mass is 15.3. The first-order valence-corrected chi connectivity index (χ1v) is 5.26. The zero-order valence-corrected chi connectivity index (χ0v) is 8.19. The fourth-order valence-electron chi connectivity index (χ4n) is 2.70. The maximum absolute atomic E-state index is 3.71. The van der Waals surface area contributed by atoms with Crippen LogP contribution in [0.4, 0.5) is 0 Å². The maximum Gasteiger partial charge on any atom is 0.0716 e. The molecule has 0 amide bonds. The molecule has 0 bridgehead atoms. The largest absolute Gasteiger partial charge is 0.298 e. The van der Waals surface area contributed by atoms with Crippen LogP contribution in [-0.2, 0) is 0 Å². The van der Waals surface area contributed by atoms with Crippen molar-refractivity contribution in [3.63, 3.8) is 0 Å². The quantitative estimate of drug-likeness (QED) is 0.572. The molecule has 0 aromatic heterocycles. The zero-order chi connectivity index (χ0) is 8.60. The molecule has 3 atom stereocenters. The van der Waals surface area contributed by atoms with Crippen molar-refractivity contribution in [1.82, 2.24) is 10.6 Å². The Balaban J connectivity index is 2.07. The van der Waals surface area contributed by atoms with E-state index in [1.54, 1.807) is 0 Å². The number of rotatable bonds is 0.